The van der Waals surface area contributed by atoms with Gasteiger partial charge in [-0.05, 0) is 24.8 Å². The van der Waals surface area contributed by atoms with Crippen LogP contribution in [0.4, 0.5) is 5.82 Å². The maximum absolute atomic E-state index is 11.5. The van der Waals surface area contributed by atoms with Gasteiger partial charge >= 0.3 is 0 Å². The summed E-state index contributed by atoms with van der Waals surface area (Å²) in [5, 5.41) is 0.421. The molecule has 5 heteroatoms. The number of amides is 1. The summed E-state index contributed by atoms with van der Waals surface area (Å²) in [5.74, 6) is 0.0830. The number of nitrogens with zero attached hydrogens (tertiary/aromatic N) is 1. The van der Waals surface area contributed by atoms with Crippen molar-refractivity contribution in [1.82, 2.24) is 4.98 Å². The Kier molecular flexibility index (Phi) is 3.84. The molecule has 1 amide bonds. The zero-order valence-corrected chi connectivity index (χ0v) is 12.4. The van der Waals surface area contributed by atoms with E-state index >= 15 is 0 Å². The number of pyridine rings is 1. The lowest BCUT2D eigenvalue weighted by molar-refractivity contribution is 0.0997. The van der Waals surface area contributed by atoms with Crippen LogP contribution in [0.1, 0.15) is 27.9 Å². The van der Waals surface area contributed by atoms with Crippen molar-refractivity contribution in [3.05, 3.63) is 53.2 Å². The summed E-state index contributed by atoms with van der Waals surface area (Å²) in [5.41, 5.74) is 14.2. The molecule has 0 bridgehead atoms. The number of hydrogen-bond acceptors (Lipinski definition) is 4. The molecular weight excluding hydrogens is 282 g/mol. The Balaban J connectivity index is 1.74. The predicted octanol–water partition coefficient (Wildman–Crippen LogP) is 2.41. The first-order valence-corrected chi connectivity index (χ1v) is 7.81. The molecule has 0 radical (unpaired) electrons. The molecule has 21 heavy (non-hydrogen) atoms. The Bertz CT molecular complexity index is 673. The summed E-state index contributed by atoms with van der Waals surface area (Å²) in [7, 11) is 0. The van der Waals surface area contributed by atoms with E-state index in [0.717, 1.165) is 29.7 Å². The highest BCUT2D eigenvalue weighted by Crippen LogP contribution is 2.42. The number of carbonyl (C=O) groups is 1. The van der Waals surface area contributed by atoms with Crippen LogP contribution in [0.2, 0.25) is 0 Å². The number of aromatic nitrogens is 1. The van der Waals surface area contributed by atoms with Gasteiger partial charge in [-0.15, -0.1) is 11.8 Å². The SMILES string of the molecule is NC(=O)c1cnc(N)c2c1SC(CCc1ccccc1)C2. The number of aryl methyl sites for hydroxylation is 1. The van der Waals surface area contributed by atoms with E-state index in [1.54, 1.807) is 11.8 Å². The van der Waals surface area contributed by atoms with Gasteiger partial charge in [-0.25, -0.2) is 4.98 Å². The van der Waals surface area contributed by atoms with Gasteiger partial charge in [0.1, 0.15) is 5.82 Å². The Morgan fingerprint density at radius 2 is 2.10 bits per heavy atom. The summed E-state index contributed by atoms with van der Waals surface area (Å²) in [6.45, 7) is 0. The van der Waals surface area contributed by atoms with Gasteiger partial charge in [-0.1, -0.05) is 30.3 Å². The maximum Gasteiger partial charge on any atom is 0.251 e. The summed E-state index contributed by atoms with van der Waals surface area (Å²) in [4.78, 5) is 16.5. The second-order valence-electron chi connectivity index (χ2n) is 5.20. The highest BCUT2D eigenvalue weighted by Gasteiger charge is 2.28. The van der Waals surface area contributed by atoms with Crippen LogP contribution in [0.3, 0.4) is 0 Å². The van der Waals surface area contributed by atoms with Crippen LogP contribution in [0, 0.1) is 0 Å². The maximum atomic E-state index is 11.5. The lowest BCUT2D eigenvalue weighted by Crippen LogP contribution is -2.13. The average molecular weight is 299 g/mol. The van der Waals surface area contributed by atoms with Crippen molar-refractivity contribution in [3.63, 3.8) is 0 Å². The largest absolute Gasteiger partial charge is 0.383 e. The molecule has 1 aliphatic rings. The number of primary amides is 1. The van der Waals surface area contributed by atoms with Crippen molar-refractivity contribution in [2.75, 3.05) is 5.73 Å². The molecule has 2 heterocycles. The number of rotatable bonds is 4. The molecule has 0 aliphatic carbocycles. The zero-order valence-electron chi connectivity index (χ0n) is 11.6. The van der Waals surface area contributed by atoms with Crippen LogP contribution in [0.25, 0.3) is 0 Å². The van der Waals surface area contributed by atoms with Gasteiger partial charge in [0.2, 0.25) is 0 Å². The molecule has 1 unspecified atom stereocenters. The standard InChI is InChI=1S/C16H17N3OS/c17-15-12-8-11(7-6-10-4-2-1-3-5-10)21-14(12)13(9-19-15)16(18)20/h1-5,9,11H,6-8H2,(H2,17,19)(H2,18,20). The van der Waals surface area contributed by atoms with Crippen molar-refractivity contribution in [3.8, 4) is 0 Å². The summed E-state index contributed by atoms with van der Waals surface area (Å²) < 4.78 is 0. The number of benzene rings is 1. The summed E-state index contributed by atoms with van der Waals surface area (Å²) in [6.07, 6.45) is 4.41. The Hall–Kier alpha value is -2.01. The Morgan fingerprint density at radius 1 is 1.33 bits per heavy atom. The molecule has 4 N–H and O–H groups in total. The fourth-order valence-corrected chi connectivity index (χ4v) is 4.06. The summed E-state index contributed by atoms with van der Waals surface area (Å²) >= 11 is 1.70. The van der Waals surface area contributed by atoms with E-state index in [4.69, 9.17) is 11.5 Å². The van der Waals surface area contributed by atoms with E-state index in [2.05, 4.69) is 29.2 Å². The average Bonchev–Trinajstić information content (AvgIpc) is 2.91. The number of fused-ring (bicyclic) bond motifs is 1. The van der Waals surface area contributed by atoms with Crippen LogP contribution in [-0.2, 0) is 12.8 Å². The molecule has 0 fully saturated rings. The van der Waals surface area contributed by atoms with Crippen LogP contribution in [0.5, 0.6) is 0 Å². The molecular formula is C16H17N3OS. The smallest absolute Gasteiger partial charge is 0.251 e. The predicted molar refractivity (Wildman–Crippen MR) is 85.3 cm³/mol. The van der Waals surface area contributed by atoms with Gasteiger partial charge in [0.05, 0.1) is 5.56 Å². The first-order chi connectivity index (χ1) is 10.1. The quantitative estimate of drug-likeness (QED) is 0.908. The van der Waals surface area contributed by atoms with E-state index < -0.39 is 5.91 Å². The minimum absolute atomic E-state index is 0.421. The molecule has 3 rings (SSSR count). The molecule has 108 valence electrons. The second kappa shape index (κ2) is 5.77. The first kappa shape index (κ1) is 13.9. The highest BCUT2D eigenvalue weighted by molar-refractivity contribution is 8.00. The number of carbonyl (C=O) groups excluding carboxylic acids is 1. The van der Waals surface area contributed by atoms with E-state index in [1.165, 1.54) is 11.8 Å². The van der Waals surface area contributed by atoms with Crippen molar-refractivity contribution >= 4 is 23.5 Å². The third-order valence-electron chi connectivity index (χ3n) is 3.74. The fraction of sp³-hybridized carbons (Fsp3) is 0.250. The highest BCUT2D eigenvalue weighted by atomic mass is 32.2. The molecule has 2 aromatic rings. The van der Waals surface area contributed by atoms with E-state index in [9.17, 15) is 4.79 Å². The molecule has 1 atom stereocenters. The molecule has 1 aromatic heterocycles. The topological polar surface area (TPSA) is 82.0 Å². The first-order valence-electron chi connectivity index (χ1n) is 6.93. The molecule has 0 saturated carbocycles. The van der Waals surface area contributed by atoms with E-state index in [1.807, 2.05) is 6.07 Å². The summed E-state index contributed by atoms with van der Waals surface area (Å²) in [6, 6.07) is 10.4. The van der Waals surface area contributed by atoms with Crippen LogP contribution in [-0.4, -0.2) is 16.1 Å². The Labute approximate surface area is 127 Å². The van der Waals surface area contributed by atoms with E-state index in [0.29, 0.717) is 16.6 Å². The van der Waals surface area contributed by atoms with Crippen LogP contribution in [0.15, 0.2) is 41.4 Å². The molecule has 0 saturated heterocycles. The van der Waals surface area contributed by atoms with Gasteiger partial charge in [0.25, 0.3) is 5.91 Å². The third kappa shape index (κ3) is 2.88. The minimum Gasteiger partial charge on any atom is -0.383 e. The number of nitrogen functional groups attached to an aromatic ring is 1. The molecule has 1 aromatic carbocycles. The lowest BCUT2D eigenvalue weighted by atomic mass is 10.0. The molecule has 1 aliphatic heterocycles. The molecule has 4 nitrogen and oxygen atoms in total. The third-order valence-corrected chi connectivity index (χ3v) is 5.18. The van der Waals surface area contributed by atoms with Crippen molar-refractivity contribution in [1.29, 1.82) is 0 Å². The zero-order chi connectivity index (χ0) is 14.8. The number of thioether (sulfide) groups is 1. The van der Waals surface area contributed by atoms with Crippen LogP contribution < -0.4 is 11.5 Å². The molecule has 0 spiro atoms. The minimum atomic E-state index is -0.435. The van der Waals surface area contributed by atoms with Gasteiger partial charge in [0.15, 0.2) is 0 Å². The van der Waals surface area contributed by atoms with Gasteiger partial charge in [0, 0.05) is 21.9 Å². The lowest BCUT2D eigenvalue weighted by Gasteiger charge is -2.08. The normalized spacial score (nSPS) is 16.7. The monoisotopic (exact) mass is 299 g/mol. The number of anilines is 1. The van der Waals surface area contributed by atoms with Gasteiger partial charge in [-0.3, -0.25) is 4.79 Å². The number of hydrogen-bond donors (Lipinski definition) is 2. The Morgan fingerprint density at radius 3 is 2.81 bits per heavy atom. The van der Waals surface area contributed by atoms with Crippen molar-refractivity contribution in [2.24, 2.45) is 5.73 Å². The van der Waals surface area contributed by atoms with Crippen molar-refractivity contribution in [2.45, 2.75) is 29.4 Å². The van der Waals surface area contributed by atoms with Crippen molar-refractivity contribution < 1.29 is 4.79 Å². The van der Waals surface area contributed by atoms with Gasteiger partial charge < -0.3 is 11.5 Å². The van der Waals surface area contributed by atoms with Gasteiger partial charge in [-0.2, -0.15) is 0 Å². The fourth-order valence-electron chi connectivity index (χ4n) is 2.63. The second-order valence-corrected chi connectivity index (χ2v) is 6.51. The number of nitrogens with two attached hydrogens (primary N) is 2. The van der Waals surface area contributed by atoms with Crippen LogP contribution >= 0.6 is 11.8 Å². The van der Waals surface area contributed by atoms with E-state index in [-0.39, 0.29) is 0 Å².